The summed E-state index contributed by atoms with van der Waals surface area (Å²) >= 11 is 0. The smallest absolute Gasteiger partial charge is 0.338 e. The Morgan fingerprint density at radius 3 is 2.52 bits per heavy atom. The molecular formula is C23H35F3N4O. The van der Waals surface area contributed by atoms with Gasteiger partial charge < -0.3 is 10.6 Å². The van der Waals surface area contributed by atoms with Crippen LogP contribution in [0.4, 0.5) is 18.0 Å². The molecule has 8 heteroatoms. The van der Waals surface area contributed by atoms with Crippen molar-refractivity contribution in [2.45, 2.75) is 52.4 Å². The topological polar surface area (TPSA) is 47.6 Å². The Hall–Kier alpha value is -1.80. The van der Waals surface area contributed by atoms with E-state index in [1.54, 1.807) is 0 Å². The van der Waals surface area contributed by atoms with Gasteiger partial charge in [-0.25, -0.2) is 4.79 Å². The van der Waals surface area contributed by atoms with E-state index in [0.29, 0.717) is 26.1 Å². The van der Waals surface area contributed by atoms with Crippen molar-refractivity contribution in [1.82, 2.24) is 20.4 Å². The van der Waals surface area contributed by atoms with Crippen LogP contribution in [0.5, 0.6) is 0 Å². The second kappa shape index (κ2) is 9.77. The molecule has 2 atom stereocenters. The number of hydrogen-bond donors (Lipinski definition) is 2. The van der Waals surface area contributed by atoms with Gasteiger partial charge in [-0.2, -0.15) is 13.2 Å². The third-order valence-electron chi connectivity index (χ3n) is 6.33. The van der Waals surface area contributed by atoms with Crippen molar-refractivity contribution in [3.8, 4) is 0 Å². The summed E-state index contributed by atoms with van der Waals surface area (Å²) < 4.78 is 37.7. The van der Waals surface area contributed by atoms with Crippen LogP contribution in [0, 0.1) is 11.3 Å². The molecule has 174 valence electrons. The first kappa shape index (κ1) is 23.9. The molecule has 0 radical (unpaired) electrons. The predicted octanol–water partition coefficient (Wildman–Crippen LogP) is 3.64. The number of hydrogen-bond acceptors (Lipinski definition) is 3. The zero-order chi connectivity index (χ0) is 22.6. The lowest BCUT2D eigenvalue weighted by Crippen LogP contribution is -2.54. The van der Waals surface area contributed by atoms with Crippen molar-refractivity contribution < 1.29 is 18.0 Å². The molecule has 0 aliphatic carbocycles. The third kappa shape index (κ3) is 7.38. The molecule has 2 N–H and O–H groups in total. The molecule has 0 aromatic heterocycles. The van der Waals surface area contributed by atoms with E-state index in [1.165, 1.54) is 16.0 Å². The van der Waals surface area contributed by atoms with E-state index in [0.717, 1.165) is 26.1 Å². The molecular weight excluding hydrogens is 405 g/mol. The second-order valence-corrected chi connectivity index (χ2v) is 10.0. The summed E-state index contributed by atoms with van der Waals surface area (Å²) in [7, 11) is 0. The largest absolute Gasteiger partial charge is 0.401 e. The van der Waals surface area contributed by atoms with Crippen molar-refractivity contribution in [2.24, 2.45) is 11.3 Å². The number of amides is 2. The SMILES string of the molecule is CC(C)(C)C(CN1CCc2ccccc2C1)NC(=O)NCC1CCN(CC(F)(F)F)C1. The van der Waals surface area contributed by atoms with Gasteiger partial charge in [0.15, 0.2) is 0 Å². The molecule has 1 fully saturated rings. The molecule has 0 saturated carbocycles. The minimum Gasteiger partial charge on any atom is -0.338 e. The van der Waals surface area contributed by atoms with Gasteiger partial charge in [-0.3, -0.25) is 9.80 Å². The molecule has 0 bridgehead atoms. The fourth-order valence-electron chi connectivity index (χ4n) is 4.43. The highest BCUT2D eigenvalue weighted by Gasteiger charge is 2.34. The highest BCUT2D eigenvalue weighted by molar-refractivity contribution is 5.74. The maximum atomic E-state index is 12.6. The average molecular weight is 441 g/mol. The highest BCUT2D eigenvalue weighted by atomic mass is 19.4. The van der Waals surface area contributed by atoms with E-state index in [4.69, 9.17) is 0 Å². The first-order chi connectivity index (χ1) is 14.5. The molecule has 5 nitrogen and oxygen atoms in total. The molecule has 2 aliphatic heterocycles. The molecule has 3 rings (SSSR count). The second-order valence-electron chi connectivity index (χ2n) is 10.0. The van der Waals surface area contributed by atoms with Crippen LogP contribution in [0.1, 0.15) is 38.3 Å². The first-order valence-electron chi connectivity index (χ1n) is 11.1. The van der Waals surface area contributed by atoms with Gasteiger partial charge in [-0.1, -0.05) is 45.0 Å². The molecule has 2 amide bonds. The number of rotatable bonds is 6. The quantitative estimate of drug-likeness (QED) is 0.710. The number of carbonyl (C=O) groups excluding carboxylic acids is 1. The van der Waals surface area contributed by atoms with Crippen molar-refractivity contribution in [1.29, 1.82) is 0 Å². The van der Waals surface area contributed by atoms with Crippen LogP contribution in [0.15, 0.2) is 24.3 Å². The average Bonchev–Trinajstić information content (AvgIpc) is 3.10. The lowest BCUT2D eigenvalue weighted by molar-refractivity contribution is -0.143. The summed E-state index contributed by atoms with van der Waals surface area (Å²) in [5.41, 5.74) is 2.62. The molecule has 1 aromatic rings. The molecule has 2 unspecified atom stereocenters. The first-order valence-corrected chi connectivity index (χ1v) is 11.1. The highest BCUT2D eigenvalue weighted by Crippen LogP contribution is 2.25. The van der Waals surface area contributed by atoms with Gasteiger partial charge in [0.2, 0.25) is 0 Å². The Morgan fingerprint density at radius 1 is 1.13 bits per heavy atom. The van der Waals surface area contributed by atoms with Gasteiger partial charge in [0.25, 0.3) is 0 Å². The number of benzene rings is 1. The monoisotopic (exact) mass is 440 g/mol. The van der Waals surface area contributed by atoms with E-state index in [-0.39, 0.29) is 23.4 Å². The van der Waals surface area contributed by atoms with Crippen LogP contribution < -0.4 is 10.6 Å². The van der Waals surface area contributed by atoms with Crippen LogP contribution in [0.3, 0.4) is 0 Å². The van der Waals surface area contributed by atoms with Crippen LogP contribution >= 0.6 is 0 Å². The number of fused-ring (bicyclic) bond motifs is 1. The number of alkyl halides is 3. The van der Waals surface area contributed by atoms with E-state index in [2.05, 4.69) is 60.6 Å². The summed E-state index contributed by atoms with van der Waals surface area (Å²) in [5.74, 6) is 0.0554. The Labute approximate surface area is 183 Å². The maximum Gasteiger partial charge on any atom is 0.401 e. The normalized spacial score (nSPS) is 21.5. The van der Waals surface area contributed by atoms with Gasteiger partial charge in [0.05, 0.1) is 6.54 Å². The Balaban J connectivity index is 1.47. The Morgan fingerprint density at radius 2 is 1.84 bits per heavy atom. The minimum absolute atomic E-state index is 0.0388. The van der Waals surface area contributed by atoms with Crippen molar-refractivity contribution in [3.63, 3.8) is 0 Å². The number of nitrogens with one attached hydrogen (secondary N) is 2. The maximum absolute atomic E-state index is 12.6. The van der Waals surface area contributed by atoms with Gasteiger partial charge in [-0.05, 0) is 41.8 Å². The third-order valence-corrected chi connectivity index (χ3v) is 6.33. The Bertz CT molecular complexity index is 747. The number of likely N-dealkylation sites (tertiary alicyclic amines) is 1. The summed E-state index contributed by atoms with van der Waals surface area (Å²) in [6, 6.07) is 8.20. The van der Waals surface area contributed by atoms with Gasteiger partial charge in [0.1, 0.15) is 0 Å². The summed E-state index contributed by atoms with van der Waals surface area (Å²) in [5, 5.41) is 6.00. The molecule has 1 saturated heterocycles. The number of halogens is 3. The number of nitrogens with zero attached hydrogens (tertiary/aromatic N) is 2. The molecule has 0 spiro atoms. The van der Waals surface area contributed by atoms with Gasteiger partial charge in [0, 0.05) is 38.8 Å². The molecule has 2 heterocycles. The Kier molecular flexibility index (Phi) is 7.52. The van der Waals surface area contributed by atoms with Crippen LogP contribution in [-0.2, 0) is 13.0 Å². The molecule has 31 heavy (non-hydrogen) atoms. The summed E-state index contributed by atoms with van der Waals surface area (Å²) in [6.45, 7) is 9.26. The van der Waals surface area contributed by atoms with E-state index < -0.39 is 12.7 Å². The van der Waals surface area contributed by atoms with Crippen molar-refractivity contribution in [2.75, 3.05) is 39.3 Å². The van der Waals surface area contributed by atoms with Crippen LogP contribution in [0.2, 0.25) is 0 Å². The van der Waals surface area contributed by atoms with E-state index >= 15 is 0 Å². The zero-order valence-corrected chi connectivity index (χ0v) is 18.8. The summed E-state index contributed by atoms with van der Waals surface area (Å²) in [6.07, 6.45) is -2.49. The number of urea groups is 1. The fraction of sp³-hybridized carbons (Fsp3) is 0.696. The van der Waals surface area contributed by atoms with Gasteiger partial charge in [-0.15, -0.1) is 0 Å². The standard InChI is InChI=1S/C23H35F3N4O/c1-22(2,3)20(15-29-11-9-18-6-4-5-7-19(18)14-29)28-21(31)27-12-17-8-10-30(13-17)16-23(24,25)26/h4-7,17,20H,8-16H2,1-3H3,(H2,27,28,31). The lowest BCUT2D eigenvalue weighted by atomic mass is 9.86. The van der Waals surface area contributed by atoms with Crippen molar-refractivity contribution in [3.05, 3.63) is 35.4 Å². The van der Waals surface area contributed by atoms with Crippen LogP contribution in [0.25, 0.3) is 0 Å². The predicted molar refractivity (Wildman–Crippen MR) is 116 cm³/mol. The zero-order valence-electron chi connectivity index (χ0n) is 18.8. The lowest BCUT2D eigenvalue weighted by Gasteiger charge is -2.38. The fourth-order valence-corrected chi connectivity index (χ4v) is 4.43. The van der Waals surface area contributed by atoms with E-state index in [9.17, 15) is 18.0 Å². The molecule has 1 aromatic carbocycles. The number of carbonyl (C=O) groups is 1. The van der Waals surface area contributed by atoms with Crippen LogP contribution in [-0.4, -0.2) is 67.3 Å². The molecule has 2 aliphatic rings. The van der Waals surface area contributed by atoms with E-state index in [1.807, 2.05) is 0 Å². The summed E-state index contributed by atoms with van der Waals surface area (Å²) in [4.78, 5) is 16.4. The minimum atomic E-state index is -4.17. The van der Waals surface area contributed by atoms with Gasteiger partial charge >= 0.3 is 12.2 Å². The van der Waals surface area contributed by atoms with Crippen molar-refractivity contribution >= 4 is 6.03 Å².